The molecule has 0 aliphatic heterocycles. The normalized spacial score (nSPS) is 12.4. The maximum atomic E-state index is 11.4. The number of ether oxygens (including phenoxy) is 1. The molecule has 1 aromatic heterocycles. The lowest BCUT2D eigenvalue weighted by molar-refractivity contribution is -0.143. The number of methoxy groups -OCH3 is 1. The molecule has 1 rings (SSSR count). The van der Waals surface area contributed by atoms with E-state index in [9.17, 15) is 4.79 Å². The minimum Gasteiger partial charge on any atom is -0.468 e. The summed E-state index contributed by atoms with van der Waals surface area (Å²) in [4.78, 5) is 12.4. The van der Waals surface area contributed by atoms with Gasteiger partial charge in [-0.1, -0.05) is 13.0 Å². The quantitative estimate of drug-likeness (QED) is 0.760. The lowest BCUT2D eigenvalue weighted by atomic mass is 10.2. The molecule has 78 valence electrons. The van der Waals surface area contributed by atoms with Crippen molar-refractivity contribution in [3.63, 3.8) is 0 Å². The second-order valence-electron chi connectivity index (χ2n) is 2.93. The first-order valence-corrected chi connectivity index (χ1v) is 5.52. The summed E-state index contributed by atoms with van der Waals surface area (Å²) in [6, 6.07) is 3.57. The summed E-state index contributed by atoms with van der Waals surface area (Å²) in [7, 11) is 1.41. The van der Waals surface area contributed by atoms with Gasteiger partial charge in [0, 0.05) is 4.88 Å². The Bertz CT molecular complexity index is 272. The van der Waals surface area contributed by atoms with Gasteiger partial charge < -0.3 is 10.1 Å². The molecule has 0 bridgehead atoms. The molecule has 1 aromatic rings. The van der Waals surface area contributed by atoms with E-state index in [0.29, 0.717) is 0 Å². The number of hydrogen-bond acceptors (Lipinski definition) is 4. The van der Waals surface area contributed by atoms with Gasteiger partial charge in [0.2, 0.25) is 0 Å². The third-order valence-corrected chi connectivity index (χ3v) is 2.80. The fourth-order valence-electron chi connectivity index (χ4n) is 1.16. The molecule has 0 aliphatic carbocycles. The van der Waals surface area contributed by atoms with Crippen LogP contribution >= 0.6 is 11.3 Å². The first kappa shape index (κ1) is 11.2. The van der Waals surface area contributed by atoms with Gasteiger partial charge in [-0.3, -0.25) is 0 Å². The van der Waals surface area contributed by atoms with Crippen LogP contribution in [0.5, 0.6) is 0 Å². The van der Waals surface area contributed by atoms with Crippen molar-refractivity contribution in [2.75, 3.05) is 13.7 Å². The van der Waals surface area contributed by atoms with E-state index in [0.717, 1.165) is 17.8 Å². The minimum absolute atomic E-state index is 0.221. The summed E-state index contributed by atoms with van der Waals surface area (Å²) >= 11 is 1.56. The zero-order valence-electron chi connectivity index (χ0n) is 8.45. The molecule has 0 saturated carbocycles. The van der Waals surface area contributed by atoms with E-state index >= 15 is 0 Å². The fourth-order valence-corrected chi connectivity index (χ4v) is 1.95. The van der Waals surface area contributed by atoms with E-state index in [2.05, 4.69) is 12.2 Å². The van der Waals surface area contributed by atoms with Gasteiger partial charge in [-0.25, -0.2) is 4.79 Å². The van der Waals surface area contributed by atoms with Crippen molar-refractivity contribution in [2.45, 2.75) is 19.4 Å². The van der Waals surface area contributed by atoms with Gasteiger partial charge in [0.25, 0.3) is 0 Å². The Kier molecular flexibility index (Phi) is 4.62. The minimum atomic E-state index is -0.306. The molecule has 0 aromatic carbocycles. The highest BCUT2D eigenvalue weighted by Gasteiger charge is 2.20. The van der Waals surface area contributed by atoms with E-state index in [1.165, 1.54) is 7.11 Å². The van der Waals surface area contributed by atoms with Crippen LogP contribution in [0.25, 0.3) is 0 Å². The Hall–Kier alpha value is -0.870. The Morgan fingerprint density at radius 2 is 2.50 bits per heavy atom. The van der Waals surface area contributed by atoms with E-state index in [-0.39, 0.29) is 12.0 Å². The number of nitrogens with one attached hydrogen (secondary N) is 1. The molecular formula is C10H15NO2S. The van der Waals surface area contributed by atoms with Gasteiger partial charge in [-0.05, 0) is 24.4 Å². The second kappa shape index (κ2) is 5.78. The van der Waals surface area contributed by atoms with Gasteiger partial charge in [0.15, 0.2) is 0 Å². The van der Waals surface area contributed by atoms with Crippen LogP contribution in [0.3, 0.4) is 0 Å². The van der Waals surface area contributed by atoms with Crippen molar-refractivity contribution >= 4 is 17.3 Å². The highest BCUT2D eigenvalue weighted by Crippen LogP contribution is 2.19. The van der Waals surface area contributed by atoms with Crippen molar-refractivity contribution in [3.8, 4) is 0 Å². The van der Waals surface area contributed by atoms with Gasteiger partial charge in [0.1, 0.15) is 6.04 Å². The van der Waals surface area contributed by atoms with Crippen molar-refractivity contribution in [1.29, 1.82) is 0 Å². The van der Waals surface area contributed by atoms with Gasteiger partial charge in [-0.15, -0.1) is 11.3 Å². The molecular weight excluding hydrogens is 198 g/mol. The van der Waals surface area contributed by atoms with E-state index < -0.39 is 0 Å². The number of rotatable bonds is 5. The molecule has 0 aliphatic rings. The molecule has 1 unspecified atom stereocenters. The summed E-state index contributed by atoms with van der Waals surface area (Å²) in [5.41, 5.74) is 0. The summed E-state index contributed by atoms with van der Waals surface area (Å²) in [5, 5.41) is 5.12. The summed E-state index contributed by atoms with van der Waals surface area (Å²) in [6.45, 7) is 2.88. The summed E-state index contributed by atoms with van der Waals surface area (Å²) < 4.78 is 4.74. The van der Waals surface area contributed by atoms with Gasteiger partial charge in [0.05, 0.1) is 7.11 Å². The number of hydrogen-bond donors (Lipinski definition) is 1. The Labute approximate surface area is 88.1 Å². The number of thiophene rings is 1. The molecule has 0 amide bonds. The molecule has 3 nitrogen and oxygen atoms in total. The van der Waals surface area contributed by atoms with Crippen LogP contribution in [0, 0.1) is 0 Å². The van der Waals surface area contributed by atoms with Crippen LogP contribution in [0.4, 0.5) is 0 Å². The second-order valence-corrected chi connectivity index (χ2v) is 3.90. The molecule has 14 heavy (non-hydrogen) atoms. The van der Waals surface area contributed by atoms with E-state index in [1.807, 2.05) is 17.5 Å². The molecule has 1 heterocycles. The van der Waals surface area contributed by atoms with Crippen LogP contribution < -0.4 is 5.32 Å². The fraction of sp³-hybridized carbons (Fsp3) is 0.500. The van der Waals surface area contributed by atoms with Gasteiger partial charge in [-0.2, -0.15) is 0 Å². The molecule has 0 fully saturated rings. The molecule has 0 radical (unpaired) electrons. The van der Waals surface area contributed by atoms with Crippen LogP contribution in [-0.4, -0.2) is 19.6 Å². The average Bonchev–Trinajstić information content (AvgIpc) is 2.71. The first-order chi connectivity index (χ1) is 6.79. The lowest BCUT2D eigenvalue weighted by Gasteiger charge is -2.13. The zero-order valence-corrected chi connectivity index (χ0v) is 9.26. The van der Waals surface area contributed by atoms with Crippen molar-refractivity contribution in [3.05, 3.63) is 22.4 Å². The van der Waals surface area contributed by atoms with E-state index in [1.54, 1.807) is 11.3 Å². The lowest BCUT2D eigenvalue weighted by Crippen LogP contribution is -2.29. The topological polar surface area (TPSA) is 38.3 Å². The van der Waals surface area contributed by atoms with Crippen molar-refractivity contribution in [2.24, 2.45) is 0 Å². The van der Waals surface area contributed by atoms with Crippen LogP contribution in [0.2, 0.25) is 0 Å². The maximum Gasteiger partial charge on any atom is 0.328 e. The highest BCUT2D eigenvalue weighted by atomic mass is 32.1. The van der Waals surface area contributed by atoms with Gasteiger partial charge >= 0.3 is 5.97 Å². The molecule has 4 heteroatoms. The SMILES string of the molecule is CCCNC(C(=O)OC)c1cccs1. The summed E-state index contributed by atoms with van der Waals surface area (Å²) in [5.74, 6) is -0.221. The first-order valence-electron chi connectivity index (χ1n) is 4.64. The average molecular weight is 213 g/mol. The van der Waals surface area contributed by atoms with Crippen molar-refractivity contribution < 1.29 is 9.53 Å². The smallest absolute Gasteiger partial charge is 0.328 e. The predicted octanol–water partition coefficient (Wildman–Crippen LogP) is 1.96. The number of esters is 1. The standard InChI is InChI=1S/C10H15NO2S/c1-3-6-11-9(10(12)13-2)8-5-4-7-14-8/h4-5,7,9,11H,3,6H2,1-2H3. The Morgan fingerprint density at radius 1 is 1.71 bits per heavy atom. The number of carbonyl (C=O) groups is 1. The molecule has 0 saturated heterocycles. The summed E-state index contributed by atoms with van der Waals surface area (Å²) in [6.07, 6.45) is 0.999. The largest absolute Gasteiger partial charge is 0.468 e. The third-order valence-electron chi connectivity index (χ3n) is 1.86. The highest BCUT2D eigenvalue weighted by molar-refractivity contribution is 7.10. The predicted molar refractivity (Wildman–Crippen MR) is 57.4 cm³/mol. The zero-order chi connectivity index (χ0) is 10.4. The van der Waals surface area contributed by atoms with Crippen LogP contribution in [-0.2, 0) is 9.53 Å². The molecule has 0 spiro atoms. The monoisotopic (exact) mass is 213 g/mol. The van der Waals surface area contributed by atoms with E-state index in [4.69, 9.17) is 4.74 Å². The van der Waals surface area contributed by atoms with Crippen molar-refractivity contribution in [1.82, 2.24) is 5.32 Å². The van der Waals surface area contributed by atoms with Crippen LogP contribution in [0.15, 0.2) is 17.5 Å². The van der Waals surface area contributed by atoms with Crippen LogP contribution in [0.1, 0.15) is 24.3 Å². The number of carbonyl (C=O) groups excluding carboxylic acids is 1. The molecule has 1 N–H and O–H groups in total. The Balaban J connectivity index is 2.67. The third kappa shape index (κ3) is 2.82. The molecule has 1 atom stereocenters. The maximum absolute atomic E-state index is 11.4. The Morgan fingerprint density at radius 3 is 3.00 bits per heavy atom.